The summed E-state index contributed by atoms with van der Waals surface area (Å²) in [4.78, 5) is 29.3. The van der Waals surface area contributed by atoms with Gasteiger partial charge < -0.3 is 10.2 Å². The largest absolute Gasteiger partial charge is 0.348 e. The molecule has 7 heteroatoms. The SMILES string of the molecule is O=C(NCc1ccccc1Cl)c1ccc(/C=C2/Sc3ccccc3N(Cc3ccc(F)cc3)C2=O)cc1. The average Bonchev–Trinajstić information content (AvgIpc) is 2.92. The second kappa shape index (κ2) is 11.0. The number of anilines is 1. The molecule has 0 radical (unpaired) electrons. The summed E-state index contributed by atoms with van der Waals surface area (Å²) in [6.07, 6.45) is 1.83. The first-order valence-corrected chi connectivity index (χ1v) is 12.8. The molecule has 4 aromatic rings. The summed E-state index contributed by atoms with van der Waals surface area (Å²) in [6.45, 7) is 0.664. The third-order valence-electron chi connectivity index (χ3n) is 5.95. The highest BCUT2D eigenvalue weighted by molar-refractivity contribution is 8.04. The number of hydrogen-bond acceptors (Lipinski definition) is 3. The number of hydrogen-bond donors (Lipinski definition) is 1. The minimum Gasteiger partial charge on any atom is -0.348 e. The van der Waals surface area contributed by atoms with Gasteiger partial charge in [-0.25, -0.2) is 4.39 Å². The predicted molar refractivity (Wildman–Crippen MR) is 147 cm³/mol. The average molecular weight is 529 g/mol. The fourth-order valence-electron chi connectivity index (χ4n) is 3.99. The summed E-state index contributed by atoms with van der Waals surface area (Å²) in [5.74, 6) is -0.650. The number of nitrogens with one attached hydrogen (secondary N) is 1. The summed E-state index contributed by atoms with van der Waals surface area (Å²) < 4.78 is 13.4. The van der Waals surface area contributed by atoms with Crippen molar-refractivity contribution in [3.63, 3.8) is 0 Å². The van der Waals surface area contributed by atoms with Crippen molar-refractivity contribution in [2.45, 2.75) is 18.0 Å². The first kappa shape index (κ1) is 24.8. The Kier molecular flexibility index (Phi) is 7.40. The first-order valence-electron chi connectivity index (χ1n) is 11.6. The van der Waals surface area contributed by atoms with E-state index in [1.165, 1.54) is 23.9 Å². The van der Waals surface area contributed by atoms with E-state index >= 15 is 0 Å². The number of rotatable bonds is 6. The molecule has 1 heterocycles. The Bertz CT molecular complexity index is 1490. The van der Waals surface area contributed by atoms with Gasteiger partial charge in [-0.3, -0.25) is 9.59 Å². The third kappa shape index (κ3) is 5.77. The number of halogens is 2. The Labute approximate surface area is 223 Å². The van der Waals surface area contributed by atoms with E-state index in [1.54, 1.807) is 35.2 Å². The maximum Gasteiger partial charge on any atom is 0.265 e. The van der Waals surface area contributed by atoms with Crippen molar-refractivity contribution in [1.29, 1.82) is 0 Å². The summed E-state index contributed by atoms with van der Waals surface area (Å²) in [5.41, 5.74) is 3.82. The van der Waals surface area contributed by atoms with Crippen LogP contribution in [0.15, 0.2) is 107 Å². The number of thioether (sulfide) groups is 1. The molecule has 0 aliphatic carbocycles. The highest BCUT2D eigenvalue weighted by Gasteiger charge is 2.29. The topological polar surface area (TPSA) is 49.4 Å². The van der Waals surface area contributed by atoms with E-state index in [-0.39, 0.29) is 17.6 Å². The van der Waals surface area contributed by atoms with Crippen LogP contribution >= 0.6 is 23.4 Å². The highest BCUT2D eigenvalue weighted by Crippen LogP contribution is 2.42. The van der Waals surface area contributed by atoms with Gasteiger partial charge in [-0.1, -0.05) is 78.0 Å². The Hall–Kier alpha value is -3.87. The van der Waals surface area contributed by atoms with Crippen LogP contribution in [0.3, 0.4) is 0 Å². The van der Waals surface area contributed by atoms with Gasteiger partial charge >= 0.3 is 0 Å². The molecule has 37 heavy (non-hydrogen) atoms. The lowest BCUT2D eigenvalue weighted by Crippen LogP contribution is -2.33. The first-order chi connectivity index (χ1) is 18.0. The van der Waals surface area contributed by atoms with Crippen molar-refractivity contribution < 1.29 is 14.0 Å². The molecule has 2 amide bonds. The fourth-order valence-corrected chi connectivity index (χ4v) is 5.25. The molecule has 0 bridgehead atoms. The van der Waals surface area contributed by atoms with Gasteiger partial charge in [0.2, 0.25) is 0 Å². The summed E-state index contributed by atoms with van der Waals surface area (Å²) in [6, 6.07) is 28.4. The number of para-hydroxylation sites is 1. The summed E-state index contributed by atoms with van der Waals surface area (Å²) >= 11 is 7.58. The van der Waals surface area contributed by atoms with Crippen LogP contribution < -0.4 is 10.2 Å². The number of amides is 2. The molecule has 0 aromatic heterocycles. The van der Waals surface area contributed by atoms with Crippen molar-refractivity contribution in [3.8, 4) is 0 Å². The van der Waals surface area contributed by atoms with E-state index in [2.05, 4.69) is 5.32 Å². The van der Waals surface area contributed by atoms with Crippen molar-refractivity contribution in [1.82, 2.24) is 5.32 Å². The zero-order chi connectivity index (χ0) is 25.8. The van der Waals surface area contributed by atoms with Crippen molar-refractivity contribution in [2.75, 3.05) is 4.90 Å². The van der Waals surface area contributed by atoms with E-state index in [1.807, 2.05) is 60.7 Å². The molecule has 4 nitrogen and oxygen atoms in total. The van der Waals surface area contributed by atoms with Crippen LogP contribution in [0.25, 0.3) is 6.08 Å². The zero-order valence-corrected chi connectivity index (χ0v) is 21.2. The maximum absolute atomic E-state index is 13.5. The summed E-state index contributed by atoms with van der Waals surface area (Å²) in [7, 11) is 0. The molecule has 4 aromatic carbocycles. The minimum atomic E-state index is -0.314. The van der Waals surface area contributed by atoms with Crippen LogP contribution in [0.5, 0.6) is 0 Å². The second-order valence-electron chi connectivity index (χ2n) is 8.49. The number of fused-ring (bicyclic) bond motifs is 1. The highest BCUT2D eigenvalue weighted by atomic mass is 35.5. The van der Waals surface area contributed by atoms with E-state index in [9.17, 15) is 14.0 Å². The van der Waals surface area contributed by atoms with Crippen molar-refractivity contribution in [2.24, 2.45) is 0 Å². The number of carbonyl (C=O) groups is 2. The molecule has 0 saturated heterocycles. The van der Waals surface area contributed by atoms with Crippen LogP contribution in [0.4, 0.5) is 10.1 Å². The van der Waals surface area contributed by atoms with Gasteiger partial charge in [-0.15, -0.1) is 0 Å². The molecular formula is C30H22ClFN2O2S. The third-order valence-corrected chi connectivity index (χ3v) is 7.40. The smallest absolute Gasteiger partial charge is 0.265 e. The van der Waals surface area contributed by atoms with Gasteiger partial charge in [0.15, 0.2) is 0 Å². The Balaban J connectivity index is 1.33. The standard InChI is InChI=1S/C30H22ClFN2O2S/c31-25-6-2-1-5-23(25)18-33-29(35)22-13-9-20(10-14-22)17-28-30(36)34(19-21-11-15-24(32)16-12-21)26-7-3-4-8-27(26)37-28/h1-17H,18-19H2,(H,33,35)/b28-17+. The second-order valence-corrected chi connectivity index (χ2v) is 9.98. The minimum absolute atomic E-state index is 0.130. The Morgan fingerprint density at radius 2 is 1.62 bits per heavy atom. The molecule has 0 atom stereocenters. The lowest BCUT2D eigenvalue weighted by molar-refractivity contribution is -0.114. The van der Waals surface area contributed by atoms with Crippen LogP contribution in [-0.2, 0) is 17.9 Å². The van der Waals surface area contributed by atoms with Crippen molar-refractivity contribution in [3.05, 3.63) is 135 Å². The van der Waals surface area contributed by atoms with E-state index < -0.39 is 0 Å². The number of benzene rings is 4. The molecule has 1 N–H and O–H groups in total. The molecule has 5 rings (SSSR count). The van der Waals surface area contributed by atoms with Crippen LogP contribution in [0.2, 0.25) is 5.02 Å². The normalized spacial score (nSPS) is 13.9. The van der Waals surface area contributed by atoms with E-state index in [4.69, 9.17) is 11.6 Å². The molecule has 1 aliphatic heterocycles. The zero-order valence-electron chi connectivity index (χ0n) is 19.7. The van der Waals surface area contributed by atoms with Gasteiger partial charge in [0.05, 0.1) is 17.1 Å². The number of carbonyl (C=O) groups excluding carboxylic acids is 2. The molecule has 0 saturated carbocycles. The van der Waals surface area contributed by atoms with Crippen LogP contribution in [-0.4, -0.2) is 11.8 Å². The molecule has 0 spiro atoms. The molecule has 1 aliphatic rings. The predicted octanol–water partition coefficient (Wildman–Crippen LogP) is 7.09. The Morgan fingerprint density at radius 3 is 2.38 bits per heavy atom. The quantitative estimate of drug-likeness (QED) is 0.272. The van der Waals surface area contributed by atoms with Crippen molar-refractivity contribution >= 4 is 46.9 Å². The van der Waals surface area contributed by atoms with E-state index in [0.29, 0.717) is 28.6 Å². The lowest BCUT2D eigenvalue weighted by atomic mass is 10.1. The van der Waals surface area contributed by atoms with Gasteiger partial charge in [-0.2, -0.15) is 0 Å². The molecule has 184 valence electrons. The van der Waals surface area contributed by atoms with Gasteiger partial charge in [-0.05, 0) is 65.2 Å². The molecule has 0 fully saturated rings. The summed E-state index contributed by atoms with van der Waals surface area (Å²) in [5, 5.41) is 3.49. The Morgan fingerprint density at radius 1 is 0.919 bits per heavy atom. The fraction of sp³-hybridized carbons (Fsp3) is 0.0667. The lowest BCUT2D eigenvalue weighted by Gasteiger charge is -2.30. The monoisotopic (exact) mass is 528 g/mol. The van der Waals surface area contributed by atoms with Crippen LogP contribution in [0.1, 0.15) is 27.0 Å². The van der Waals surface area contributed by atoms with Crippen LogP contribution in [0, 0.1) is 5.82 Å². The van der Waals surface area contributed by atoms with E-state index in [0.717, 1.165) is 27.3 Å². The maximum atomic E-state index is 13.5. The molecule has 0 unspecified atom stereocenters. The van der Waals surface area contributed by atoms with Gasteiger partial charge in [0.1, 0.15) is 5.82 Å². The van der Waals surface area contributed by atoms with Gasteiger partial charge in [0.25, 0.3) is 11.8 Å². The number of nitrogens with zero attached hydrogens (tertiary/aromatic N) is 1. The van der Waals surface area contributed by atoms with Gasteiger partial charge in [0, 0.05) is 22.0 Å². The molecular weight excluding hydrogens is 507 g/mol.